The van der Waals surface area contributed by atoms with Gasteiger partial charge in [0.2, 0.25) is 5.91 Å². The number of carbonyl (C=O) groups excluding carboxylic acids is 1. The van der Waals surface area contributed by atoms with E-state index in [0.717, 1.165) is 31.4 Å². The number of benzene rings is 1. The predicted molar refractivity (Wildman–Crippen MR) is 90.3 cm³/mol. The van der Waals surface area contributed by atoms with E-state index >= 15 is 0 Å². The van der Waals surface area contributed by atoms with Gasteiger partial charge in [0.25, 0.3) is 0 Å². The number of halogens is 2. The number of aromatic nitrogens is 2. The lowest BCUT2D eigenvalue weighted by Crippen LogP contribution is -2.34. The number of amides is 1. The van der Waals surface area contributed by atoms with Crippen LogP contribution in [0, 0.1) is 14.2 Å². The van der Waals surface area contributed by atoms with Crippen LogP contribution in [0.1, 0.15) is 25.8 Å². The van der Waals surface area contributed by atoms with Crippen LogP contribution in [0.15, 0.2) is 12.1 Å². The van der Waals surface area contributed by atoms with Crippen molar-refractivity contribution in [2.75, 3.05) is 13.1 Å². The van der Waals surface area contributed by atoms with Crippen molar-refractivity contribution in [2.24, 2.45) is 0 Å². The van der Waals surface area contributed by atoms with E-state index in [1.54, 1.807) is 10.6 Å². The minimum atomic E-state index is -0.427. The number of hydrogen-bond acceptors (Lipinski definition) is 2. The first-order chi connectivity index (χ1) is 9.99. The van der Waals surface area contributed by atoms with E-state index in [4.69, 9.17) is 12.2 Å². The molecule has 3 rings (SSSR count). The highest BCUT2D eigenvalue weighted by Crippen LogP contribution is 2.25. The lowest BCUT2D eigenvalue weighted by molar-refractivity contribution is -0.133. The SMILES string of the molecule is CC(C(=O)N1CCCC1)n1c(=S)[nH]c2cc(I)c(F)cc21. The van der Waals surface area contributed by atoms with E-state index in [-0.39, 0.29) is 11.7 Å². The third-order valence-corrected chi connectivity index (χ3v) is 5.05. The quantitative estimate of drug-likeness (QED) is 0.597. The van der Waals surface area contributed by atoms with Crippen molar-refractivity contribution in [3.05, 3.63) is 26.3 Å². The Morgan fingerprint density at radius 2 is 2.10 bits per heavy atom. The molecule has 0 spiro atoms. The molecule has 0 saturated carbocycles. The van der Waals surface area contributed by atoms with Gasteiger partial charge in [-0.05, 0) is 60.6 Å². The standard InChI is InChI=1S/C14H15FIN3OS/c1-8(13(20)18-4-2-3-5-18)19-12-6-9(15)10(16)7-11(12)17-14(19)21/h6-8H,2-5H2,1H3,(H,17,21). The molecule has 1 aliphatic rings. The second kappa shape index (κ2) is 5.68. The van der Waals surface area contributed by atoms with Crippen molar-refractivity contribution < 1.29 is 9.18 Å². The third-order valence-electron chi connectivity index (χ3n) is 3.92. The minimum Gasteiger partial charge on any atom is -0.341 e. The molecule has 1 fully saturated rings. The van der Waals surface area contributed by atoms with Crippen LogP contribution in [0.25, 0.3) is 11.0 Å². The lowest BCUT2D eigenvalue weighted by atomic mass is 10.2. The number of imidazole rings is 1. The van der Waals surface area contributed by atoms with Crippen molar-refractivity contribution in [3.8, 4) is 0 Å². The Bertz CT molecular complexity index is 763. The van der Waals surface area contributed by atoms with Gasteiger partial charge in [-0.2, -0.15) is 0 Å². The molecule has 0 aliphatic carbocycles. The van der Waals surface area contributed by atoms with E-state index in [9.17, 15) is 9.18 Å². The predicted octanol–water partition coefficient (Wildman–Crippen LogP) is 3.63. The number of nitrogens with zero attached hydrogens (tertiary/aromatic N) is 2. The molecule has 0 bridgehead atoms. The maximum atomic E-state index is 13.8. The maximum Gasteiger partial charge on any atom is 0.245 e. The molecule has 4 nitrogen and oxygen atoms in total. The van der Waals surface area contributed by atoms with Crippen LogP contribution in [-0.2, 0) is 4.79 Å². The number of fused-ring (bicyclic) bond motifs is 1. The maximum absolute atomic E-state index is 13.8. The Balaban J connectivity index is 2.06. The zero-order chi connectivity index (χ0) is 15.1. The first-order valence-electron chi connectivity index (χ1n) is 6.87. The van der Waals surface area contributed by atoms with Gasteiger partial charge in [0.05, 0.1) is 14.6 Å². The van der Waals surface area contributed by atoms with Crippen molar-refractivity contribution in [1.29, 1.82) is 0 Å². The number of carbonyl (C=O) groups is 1. The van der Waals surface area contributed by atoms with E-state index < -0.39 is 6.04 Å². The van der Waals surface area contributed by atoms with Crippen molar-refractivity contribution in [1.82, 2.24) is 14.5 Å². The fraction of sp³-hybridized carbons (Fsp3) is 0.429. The van der Waals surface area contributed by atoms with Gasteiger partial charge in [-0.25, -0.2) is 4.39 Å². The highest BCUT2D eigenvalue weighted by atomic mass is 127. The summed E-state index contributed by atoms with van der Waals surface area (Å²) in [6.45, 7) is 3.41. The first-order valence-corrected chi connectivity index (χ1v) is 8.36. The summed E-state index contributed by atoms with van der Waals surface area (Å²) in [4.78, 5) is 17.5. The fourth-order valence-corrected chi connectivity index (χ4v) is 3.65. The monoisotopic (exact) mass is 419 g/mol. The van der Waals surface area contributed by atoms with Crippen molar-refractivity contribution >= 4 is 51.7 Å². The molecule has 1 unspecified atom stereocenters. The van der Waals surface area contributed by atoms with Crippen LogP contribution in [0.5, 0.6) is 0 Å². The van der Waals surface area contributed by atoms with Gasteiger partial charge in [0.1, 0.15) is 11.9 Å². The van der Waals surface area contributed by atoms with Gasteiger partial charge in [-0.15, -0.1) is 0 Å². The molecule has 1 saturated heterocycles. The van der Waals surface area contributed by atoms with E-state index in [2.05, 4.69) is 4.98 Å². The van der Waals surface area contributed by atoms with Gasteiger partial charge in [-0.1, -0.05) is 0 Å². The smallest absolute Gasteiger partial charge is 0.245 e. The van der Waals surface area contributed by atoms with Crippen molar-refractivity contribution in [3.63, 3.8) is 0 Å². The third kappa shape index (κ3) is 2.61. The number of H-pyrrole nitrogens is 1. The summed E-state index contributed by atoms with van der Waals surface area (Å²) in [5, 5.41) is 0. The Kier molecular flexibility index (Phi) is 4.04. The first kappa shape index (κ1) is 15.0. The molecular formula is C14H15FIN3OS. The number of rotatable bonds is 2. The van der Waals surface area contributed by atoms with Gasteiger partial charge in [0, 0.05) is 19.2 Å². The Morgan fingerprint density at radius 1 is 1.43 bits per heavy atom. The highest BCUT2D eigenvalue weighted by Gasteiger charge is 2.26. The number of hydrogen-bond donors (Lipinski definition) is 1. The second-order valence-electron chi connectivity index (χ2n) is 5.29. The molecule has 1 aliphatic heterocycles. The van der Waals surface area contributed by atoms with Gasteiger partial charge >= 0.3 is 0 Å². The summed E-state index contributed by atoms with van der Waals surface area (Å²) in [6.07, 6.45) is 2.09. The summed E-state index contributed by atoms with van der Waals surface area (Å²) < 4.78 is 16.5. The van der Waals surface area contributed by atoms with Crippen molar-refractivity contribution in [2.45, 2.75) is 25.8 Å². The molecule has 21 heavy (non-hydrogen) atoms. The number of likely N-dealkylation sites (tertiary alicyclic amines) is 1. The molecule has 2 aromatic rings. The molecule has 0 radical (unpaired) electrons. The largest absolute Gasteiger partial charge is 0.341 e. The second-order valence-corrected chi connectivity index (χ2v) is 6.84. The van der Waals surface area contributed by atoms with E-state index in [1.807, 2.05) is 34.4 Å². The van der Waals surface area contributed by atoms with Crippen LogP contribution in [0.2, 0.25) is 0 Å². The van der Waals surface area contributed by atoms with E-state index in [1.165, 1.54) is 6.07 Å². The molecule has 112 valence electrons. The average Bonchev–Trinajstić information content (AvgIpc) is 3.06. The molecule has 7 heteroatoms. The average molecular weight is 419 g/mol. The van der Waals surface area contributed by atoms with Gasteiger partial charge in [0.15, 0.2) is 4.77 Å². The Morgan fingerprint density at radius 3 is 2.76 bits per heavy atom. The summed E-state index contributed by atoms with van der Waals surface area (Å²) in [5.74, 6) is -0.255. The Hall–Kier alpha value is -0.960. The number of nitrogens with one attached hydrogen (secondary N) is 1. The minimum absolute atomic E-state index is 0.0449. The van der Waals surface area contributed by atoms with Crippen LogP contribution >= 0.6 is 34.8 Å². The Labute approximate surface area is 140 Å². The molecule has 2 heterocycles. The van der Waals surface area contributed by atoms with Gasteiger partial charge < -0.3 is 14.5 Å². The van der Waals surface area contributed by atoms with Crippen LogP contribution < -0.4 is 0 Å². The lowest BCUT2D eigenvalue weighted by Gasteiger charge is -2.21. The molecule has 1 aromatic heterocycles. The molecule has 1 amide bonds. The zero-order valence-electron chi connectivity index (χ0n) is 11.5. The van der Waals surface area contributed by atoms with Crippen LogP contribution in [0.4, 0.5) is 4.39 Å². The number of aromatic amines is 1. The summed E-state index contributed by atoms with van der Waals surface area (Å²) in [7, 11) is 0. The van der Waals surface area contributed by atoms with E-state index in [0.29, 0.717) is 13.9 Å². The normalized spacial score (nSPS) is 16.6. The summed E-state index contributed by atoms with van der Waals surface area (Å²) >= 11 is 7.26. The fourth-order valence-electron chi connectivity index (χ4n) is 2.82. The van der Waals surface area contributed by atoms with Crippen LogP contribution in [-0.4, -0.2) is 33.4 Å². The van der Waals surface area contributed by atoms with Gasteiger partial charge in [-0.3, -0.25) is 4.79 Å². The molecular weight excluding hydrogens is 404 g/mol. The topological polar surface area (TPSA) is 41.0 Å². The zero-order valence-corrected chi connectivity index (χ0v) is 14.5. The molecule has 1 aromatic carbocycles. The molecule has 1 atom stereocenters. The van der Waals surface area contributed by atoms with Crippen LogP contribution in [0.3, 0.4) is 0 Å². The molecule has 1 N–H and O–H groups in total. The summed E-state index contributed by atoms with van der Waals surface area (Å²) in [5.41, 5.74) is 1.39. The summed E-state index contributed by atoms with van der Waals surface area (Å²) in [6, 6.07) is 2.73. The highest BCUT2D eigenvalue weighted by molar-refractivity contribution is 14.1.